The van der Waals surface area contributed by atoms with E-state index in [2.05, 4.69) is 5.32 Å². The summed E-state index contributed by atoms with van der Waals surface area (Å²) in [5.41, 5.74) is 6.38. The number of benzene rings is 1. The molecule has 0 aliphatic carbocycles. The number of sulfone groups is 1. The molecule has 0 aliphatic rings. The largest absolute Gasteiger partial charge is 0.397 e. The Morgan fingerprint density at radius 3 is 2.29 bits per heavy atom. The van der Waals surface area contributed by atoms with Crippen molar-refractivity contribution >= 4 is 38.7 Å². The minimum absolute atomic E-state index is 0.0589. The summed E-state index contributed by atoms with van der Waals surface area (Å²) in [5, 5.41) is 1.21. The molecule has 0 radical (unpaired) electrons. The molecule has 0 aromatic heterocycles. The van der Waals surface area contributed by atoms with Gasteiger partial charge in [-0.15, -0.1) is 0 Å². The highest BCUT2D eigenvalue weighted by molar-refractivity contribution is 7.93. The van der Waals surface area contributed by atoms with Crippen molar-refractivity contribution in [1.82, 2.24) is 0 Å². The van der Waals surface area contributed by atoms with Gasteiger partial charge in [-0.3, -0.25) is 4.79 Å². The van der Waals surface area contributed by atoms with Gasteiger partial charge in [-0.05, 0) is 38.0 Å². The second kappa shape index (κ2) is 6.66. The highest BCUT2D eigenvalue weighted by Gasteiger charge is 2.34. The SMILES string of the molecule is CC(C)C(C)S(=O)(=O)C(C)C(=O)Nc1ccc(Cl)c(N)c1. The van der Waals surface area contributed by atoms with Gasteiger partial charge in [-0.1, -0.05) is 25.4 Å². The molecule has 1 aromatic carbocycles. The van der Waals surface area contributed by atoms with Crippen molar-refractivity contribution in [3.63, 3.8) is 0 Å². The number of nitrogens with one attached hydrogen (secondary N) is 1. The second-order valence-electron chi connectivity index (χ2n) is 5.41. The van der Waals surface area contributed by atoms with Gasteiger partial charge < -0.3 is 11.1 Å². The standard InChI is InChI=1S/C14H21ClN2O3S/c1-8(2)9(3)21(19,20)10(4)14(18)17-11-5-6-12(15)13(16)7-11/h5-10H,16H2,1-4H3,(H,17,18). The van der Waals surface area contributed by atoms with Gasteiger partial charge in [0.15, 0.2) is 9.84 Å². The Morgan fingerprint density at radius 1 is 1.24 bits per heavy atom. The van der Waals surface area contributed by atoms with Gasteiger partial charge in [-0.2, -0.15) is 0 Å². The maximum atomic E-state index is 12.3. The molecule has 0 bridgehead atoms. The topological polar surface area (TPSA) is 89.3 Å². The number of carbonyl (C=O) groups excluding carboxylic acids is 1. The molecule has 0 aliphatic heterocycles. The number of halogens is 1. The first-order valence-corrected chi connectivity index (χ1v) is 8.64. The molecule has 118 valence electrons. The summed E-state index contributed by atoms with van der Waals surface area (Å²) in [6, 6.07) is 4.61. The molecular weight excluding hydrogens is 312 g/mol. The normalized spacial score (nSPS) is 14.8. The van der Waals surface area contributed by atoms with Crippen LogP contribution in [0.4, 0.5) is 11.4 Å². The van der Waals surface area contributed by atoms with Crippen LogP contribution in [0.25, 0.3) is 0 Å². The number of nitrogens with two attached hydrogens (primary N) is 1. The Kier molecular flexibility index (Phi) is 5.64. The van der Waals surface area contributed by atoms with Gasteiger partial charge in [0.2, 0.25) is 5.91 Å². The van der Waals surface area contributed by atoms with Crippen LogP contribution in [-0.2, 0) is 14.6 Å². The van der Waals surface area contributed by atoms with E-state index in [4.69, 9.17) is 17.3 Å². The molecule has 0 spiro atoms. The predicted molar refractivity (Wildman–Crippen MR) is 87.2 cm³/mol. The lowest BCUT2D eigenvalue weighted by Gasteiger charge is -2.21. The first-order valence-electron chi connectivity index (χ1n) is 6.66. The van der Waals surface area contributed by atoms with Crippen molar-refractivity contribution < 1.29 is 13.2 Å². The summed E-state index contributed by atoms with van der Waals surface area (Å²) in [7, 11) is -3.55. The highest BCUT2D eigenvalue weighted by atomic mass is 35.5. The van der Waals surface area contributed by atoms with E-state index in [0.717, 1.165) is 0 Å². The van der Waals surface area contributed by atoms with Crippen molar-refractivity contribution in [1.29, 1.82) is 0 Å². The zero-order valence-electron chi connectivity index (χ0n) is 12.6. The molecule has 0 saturated carbocycles. The van der Waals surface area contributed by atoms with Gasteiger partial charge in [0, 0.05) is 5.69 Å². The van der Waals surface area contributed by atoms with Gasteiger partial charge in [0.05, 0.1) is 16.0 Å². The van der Waals surface area contributed by atoms with E-state index in [0.29, 0.717) is 16.4 Å². The van der Waals surface area contributed by atoms with Crippen LogP contribution in [0, 0.1) is 5.92 Å². The fourth-order valence-electron chi connectivity index (χ4n) is 1.72. The molecule has 0 fully saturated rings. The number of nitrogen functional groups attached to an aromatic ring is 1. The summed E-state index contributed by atoms with van der Waals surface area (Å²) in [6.07, 6.45) is 0. The lowest BCUT2D eigenvalue weighted by atomic mass is 10.2. The van der Waals surface area contributed by atoms with Crippen molar-refractivity contribution in [2.24, 2.45) is 5.92 Å². The van der Waals surface area contributed by atoms with Crippen LogP contribution in [0.1, 0.15) is 27.7 Å². The molecule has 1 amide bonds. The fourth-order valence-corrected chi connectivity index (χ4v) is 3.59. The summed E-state index contributed by atoms with van der Waals surface area (Å²) in [4.78, 5) is 12.1. The molecule has 0 heterocycles. The Bertz CT molecular complexity index is 629. The van der Waals surface area contributed by atoms with Crippen molar-refractivity contribution in [2.75, 3.05) is 11.1 Å². The third-order valence-corrected chi connectivity index (χ3v) is 6.71. The predicted octanol–water partition coefficient (Wildman–Crippen LogP) is 2.71. The highest BCUT2D eigenvalue weighted by Crippen LogP contribution is 2.23. The van der Waals surface area contributed by atoms with Crippen molar-refractivity contribution in [3.05, 3.63) is 23.2 Å². The minimum atomic E-state index is -3.55. The van der Waals surface area contributed by atoms with Gasteiger partial charge in [0.25, 0.3) is 0 Å². The lowest BCUT2D eigenvalue weighted by molar-refractivity contribution is -0.115. The maximum absolute atomic E-state index is 12.3. The zero-order valence-corrected chi connectivity index (χ0v) is 14.1. The molecule has 2 atom stereocenters. The van der Waals surface area contributed by atoms with Gasteiger partial charge in [-0.25, -0.2) is 8.42 Å². The average molecular weight is 333 g/mol. The first-order chi connectivity index (χ1) is 9.57. The Labute approximate surface area is 130 Å². The summed E-state index contributed by atoms with van der Waals surface area (Å²) in [6.45, 7) is 6.63. The summed E-state index contributed by atoms with van der Waals surface area (Å²) in [5.74, 6) is -0.638. The number of carbonyl (C=O) groups is 1. The molecule has 2 unspecified atom stereocenters. The van der Waals surface area contributed by atoms with Crippen LogP contribution in [0.15, 0.2) is 18.2 Å². The van der Waals surface area contributed by atoms with Crippen molar-refractivity contribution in [2.45, 2.75) is 38.2 Å². The average Bonchev–Trinajstić information content (AvgIpc) is 2.40. The van der Waals surface area contributed by atoms with E-state index in [9.17, 15) is 13.2 Å². The molecular formula is C14H21ClN2O3S. The summed E-state index contributed by atoms with van der Waals surface area (Å²) < 4.78 is 24.6. The van der Waals surface area contributed by atoms with Crippen LogP contribution in [-0.4, -0.2) is 24.8 Å². The Balaban J connectivity index is 2.91. The number of hydrogen-bond donors (Lipinski definition) is 2. The van der Waals surface area contributed by atoms with E-state index in [1.54, 1.807) is 19.1 Å². The number of amides is 1. The van der Waals surface area contributed by atoms with E-state index in [1.165, 1.54) is 13.0 Å². The second-order valence-corrected chi connectivity index (χ2v) is 8.44. The van der Waals surface area contributed by atoms with E-state index in [-0.39, 0.29) is 5.92 Å². The third-order valence-electron chi connectivity index (χ3n) is 3.58. The van der Waals surface area contributed by atoms with Crippen LogP contribution < -0.4 is 11.1 Å². The quantitative estimate of drug-likeness (QED) is 0.811. The fraction of sp³-hybridized carbons (Fsp3) is 0.500. The number of hydrogen-bond acceptors (Lipinski definition) is 4. The van der Waals surface area contributed by atoms with Gasteiger partial charge in [0.1, 0.15) is 5.25 Å². The minimum Gasteiger partial charge on any atom is -0.397 e. The Morgan fingerprint density at radius 2 is 1.81 bits per heavy atom. The number of anilines is 2. The molecule has 21 heavy (non-hydrogen) atoms. The van der Waals surface area contributed by atoms with Crippen LogP contribution in [0.3, 0.4) is 0 Å². The first kappa shape index (κ1) is 17.8. The van der Waals surface area contributed by atoms with Crippen LogP contribution in [0.2, 0.25) is 5.02 Å². The molecule has 0 saturated heterocycles. The van der Waals surface area contributed by atoms with Crippen LogP contribution in [0.5, 0.6) is 0 Å². The van der Waals surface area contributed by atoms with E-state index < -0.39 is 26.2 Å². The molecule has 1 aromatic rings. The van der Waals surface area contributed by atoms with Gasteiger partial charge >= 0.3 is 0 Å². The maximum Gasteiger partial charge on any atom is 0.242 e. The van der Waals surface area contributed by atoms with E-state index in [1.807, 2.05) is 13.8 Å². The molecule has 5 nitrogen and oxygen atoms in total. The molecule has 3 N–H and O–H groups in total. The molecule has 7 heteroatoms. The van der Waals surface area contributed by atoms with Crippen molar-refractivity contribution in [3.8, 4) is 0 Å². The number of rotatable bonds is 5. The smallest absolute Gasteiger partial charge is 0.242 e. The summed E-state index contributed by atoms with van der Waals surface area (Å²) >= 11 is 5.80. The third kappa shape index (κ3) is 4.11. The van der Waals surface area contributed by atoms with E-state index >= 15 is 0 Å². The monoisotopic (exact) mass is 332 g/mol. The lowest BCUT2D eigenvalue weighted by Crippen LogP contribution is -2.39. The van der Waals surface area contributed by atoms with Crippen LogP contribution >= 0.6 is 11.6 Å². The molecule has 1 rings (SSSR count). The Hall–Kier alpha value is -1.27. The zero-order chi connectivity index (χ0) is 16.4.